The van der Waals surface area contributed by atoms with Crippen molar-refractivity contribution < 1.29 is 9.53 Å². The molecule has 0 atom stereocenters. The van der Waals surface area contributed by atoms with Gasteiger partial charge in [-0.2, -0.15) is 10.2 Å². The number of hydrogen-bond donors (Lipinski definition) is 1. The monoisotopic (exact) mass is 311 g/mol. The van der Waals surface area contributed by atoms with Crippen LogP contribution in [0.25, 0.3) is 16.8 Å². The van der Waals surface area contributed by atoms with Crippen molar-refractivity contribution in [1.82, 2.24) is 19.4 Å². The van der Waals surface area contributed by atoms with Gasteiger partial charge in [-0.3, -0.25) is 9.48 Å². The first-order chi connectivity index (χ1) is 11.2. The largest absolute Gasteiger partial charge is 0.493 e. The number of carbonyl (C=O) groups is 1. The van der Waals surface area contributed by atoms with Crippen LogP contribution in [0.4, 0.5) is 5.82 Å². The van der Waals surface area contributed by atoms with E-state index in [0.29, 0.717) is 5.82 Å². The van der Waals surface area contributed by atoms with Crippen LogP contribution in [0.3, 0.4) is 0 Å². The minimum atomic E-state index is 0.0573. The normalized spacial score (nSPS) is 14.2. The third kappa shape index (κ3) is 2.44. The van der Waals surface area contributed by atoms with Crippen LogP contribution in [0.5, 0.6) is 5.75 Å². The van der Waals surface area contributed by atoms with E-state index < -0.39 is 0 Å². The lowest BCUT2D eigenvalue weighted by Gasteiger charge is -2.05. The van der Waals surface area contributed by atoms with Crippen LogP contribution < -0.4 is 10.1 Å². The molecule has 1 aliphatic rings. The minimum Gasteiger partial charge on any atom is -0.493 e. The summed E-state index contributed by atoms with van der Waals surface area (Å²) in [4.78, 5) is 11.8. The number of carbonyl (C=O) groups excluding carboxylic acids is 1. The molecule has 0 aliphatic heterocycles. The average molecular weight is 311 g/mol. The Hall–Kier alpha value is -2.83. The summed E-state index contributed by atoms with van der Waals surface area (Å²) in [7, 11) is 3.50. The van der Waals surface area contributed by atoms with Gasteiger partial charge in [0.2, 0.25) is 5.91 Å². The number of nitrogens with zero attached hydrogens (tertiary/aromatic N) is 4. The molecule has 0 unspecified atom stereocenters. The zero-order chi connectivity index (χ0) is 16.0. The molecule has 3 heterocycles. The summed E-state index contributed by atoms with van der Waals surface area (Å²) >= 11 is 0. The van der Waals surface area contributed by atoms with Crippen molar-refractivity contribution in [1.29, 1.82) is 0 Å². The molecule has 3 aromatic heterocycles. The molecule has 3 aromatic rings. The predicted octanol–water partition coefficient (Wildman–Crippen LogP) is 2.09. The molecule has 1 aliphatic carbocycles. The Balaban J connectivity index is 1.70. The molecule has 1 saturated carbocycles. The van der Waals surface area contributed by atoms with E-state index in [1.165, 1.54) is 0 Å². The molecule has 23 heavy (non-hydrogen) atoms. The van der Waals surface area contributed by atoms with Gasteiger partial charge in [-0.25, -0.2) is 4.52 Å². The van der Waals surface area contributed by atoms with Crippen molar-refractivity contribution in [3.05, 3.63) is 30.6 Å². The summed E-state index contributed by atoms with van der Waals surface area (Å²) in [6.07, 6.45) is 5.51. The van der Waals surface area contributed by atoms with E-state index in [1.807, 2.05) is 31.4 Å². The van der Waals surface area contributed by atoms with Gasteiger partial charge in [0.15, 0.2) is 11.6 Å². The number of amides is 1. The first kappa shape index (κ1) is 13.8. The van der Waals surface area contributed by atoms with Crippen LogP contribution >= 0.6 is 0 Å². The van der Waals surface area contributed by atoms with E-state index in [1.54, 1.807) is 22.5 Å². The molecule has 118 valence electrons. The number of hydrogen-bond acceptors (Lipinski definition) is 4. The van der Waals surface area contributed by atoms with Crippen molar-refractivity contribution in [3.63, 3.8) is 0 Å². The fourth-order valence-corrected chi connectivity index (χ4v) is 2.67. The number of methoxy groups -OCH3 is 1. The van der Waals surface area contributed by atoms with Gasteiger partial charge in [0.05, 0.1) is 18.8 Å². The van der Waals surface area contributed by atoms with Crippen LogP contribution in [0.15, 0.2) is 30.6 Å². The lowest BCUT2D eigenvalue weighted by atomic mass is 10.1. The van der Waals surface area contributed by atoms with E-state index in [0.717, 1.165) is 35.4 Å². The van der Waals surface area contributed by atoms with Crippen LogP contribution in [0.2, 0.25) is 0 Å². The van der Waals surface area contributed by atoms with Crippen molar-refractivity contribution in [2.45, 2.75) is 12.8 Å². The Labute approximate surface area is 132 Å². The second-order valence-corrected chi connectivity index (χ2v) is 5.76. The first-order valence-electron chi connectivity index (χ1n) is 7.52. The van der Waals surface area contributed by atoms with Gasteiger partial charge in [-0.05, 0) is 25.0 Å². The van der Waals surface area contributed by atoms with Gasteiger partial charge in [-0.1, -0.05) is 0 Å². The molecule has 7 nitrogen and oxygen atoms in total. The van der Waals surface area contributed by atoms with Crippen LogP contribution in [-0.4, -0.2) is 32.4 Å². The average Bonchev–Trinajstić information content (AvgIpc) is 3.22. The first-order valence-corrected chi connectivity index (χ1v) is 7.52. The molecule has 0 radical (unpaired) electrons. The number of anilines is 1. The van der Waals surface area contributed by atoms with Crippen LogP contribution in [-0.2, 0) is 11.8 Å². The summed E-state index contributed by atoms with van der Waals surface area (Å²) in [5.41, 5.74) is 2.78. The molecule has 0 saturated heterocycles. The van der Waals surface area contributed by atoms with E-state index in [9.17, 15) is 4.79 Å². The number of ether oxygens (including phenoxy) is 1. The number of rotatable bonds is 4. The van der Waals surface area contributed by atoms with Crippen molar-refractivity contribution >= 4 is 17.2 Å². The van der Waals surface area contributed by atoms with Crippen molar-refractivity contribution in [2.75, 3.05) is 12.4 Å². The van der Waals surface area contributed by atoms with E-state index in [-0.39, 0.29) is 11.8 Å². The number of aromatic nitrogens is 4. The fourth-order valence-electron chi connectivity index (χ4n) is 2.67. The maximum atomic E-state index is 11.8. The molecule has 1 fully saturated rings. The molecule has 0 aromatic carbocycles. The van der Waals surface area contributed by atoms with Gasteiger partial charge in [-0.15, -0.1) is 0 Å². The molecule has 4 rings (SSSR count). The van der Waals surface area contributed by atoms with Crippen LogP contribution in [0.1, 0.15) is 12.8 Å². The Morgan fingerprint density at radius 1 is 1.39 bits per heavy atom. The summed E-state index contributed by atoms with van der Waals surface area (Å²) in [5.74, 6) is 1.52. The maximum Gasteiger partial charge on any atom is 0.228 e. The highest BCUT2D eigenvalue weighted by molar-refractivity contribution is 5.93. The van der Waals surface area contributed by atoms with Gasteiger partial charge in [0.1, 0.15) is 5.69 Å². The zero-order valence-corrected chi connectivity index (χ0v) is 13.0. The van der Waals surface area contributed by atoms with E-state index in [4.69, 9.17) is 4.74 Å². The second kappa shape index (κ2) is 5.12. The number of nitrogens with one attached hydrogen (secondary N) is 1. The third-order valence-corrected chi connectivity index (χ3v) is 4.06. The summed E-state index contributed by atoms with van der Waals surface area (Å²) in [6, 6.07) is 5.82. The van der Waals surface area contributed by atoms with Gasteiger partial charge < -0.3 is 10.1 Å². The highest BCUT2D eigenvalue weighted by atomic mass is 16.5. The number of aryl methyl sites for hydroxylation is 1. The van der Waals surface area contributed by atoms with E-state index in [2.05, 4.69) is 15.5 Å². The zero-order valence-electron chi connectivity index (χ0n) is 13.0. The van der Waals surface area contributed by atoms with Gasteiger partial charge in [0, 0.05) is 30.8 Å². The minimum absolute atomic E-state index is 0.0573. The number of fused-ring (bicyclic) bond motifs is 1. The Bertz CT molecular complexity index is 891. The predicted molar refractivity (Wildman–Crippen MR) is 85.3 cm³/mol. The Morgan fingerprint density at radius 2 is 2.22 bits per heavy atom. The summed E-state index contributed by atoms with van der Waals surface area (Å²) in [5, 5.41) is 11.5. The standard InChI is InChI=1S/C16H17N5O2/c1-20-15(13(23-2)9-17-20)11-5-6-21-12(7-11)8-14(19-21)18-16(22)10-3-4-10/h5-10H,3-4H2,1-2H3,(H,18,19,22). The van der Waals surface area contributed by atoms with Crippen molar-refractivity contribution in [2.24, 2.45) is 13.0 Å². The number of pyridine rings is 1. The fraction of sp³-hybridized carbons (Fsp3) is 0.312. The smallest absolute Gasteiger partial charge is 0.228 e. The van der Waals surface area contributed by atoms with Crippen molar-refractivity contribution in [3.8, 4) is 17.0 Å². The molecular formula is C16H17N5O2. The van der Waals surface area contributed by atoms with Crippen LogP contribution in [0, 0.1) is 5.92 Å². The summed E-state index contributed by atoms with van der Waals surface area (Å²) < 4.78 is 8.88. The van der Waals surface area contributed by atoms with E-state index >= 15 is 0 Å². The second-order valence-electron chi connectivity index (χ2n) is 5.76. The Morgan fingerprint density at radius 3 is 2.96 bits per heavy atom. The topological polar surface area (TPSA) is 73.5 Å². The molecule has 7 heteroatoms. The van der Waals surface area contributed by atoms with Gasteiger partial charge in [0.25, 0.3) is 0 Å². The quantitative estimate of drug-likeness (QED) is 0.800. The highest BCUT2D eigenvalue weighted by Crippen LogP contribution is 2.31. The molecule has 0 bridgehead atoms. The highest BCUT2D eigenvalue weighted by Gasteiger charge is 2.30. The lowest BCUT2D eigenvalue weighted by molar-refractivity contribution is -0.117. The maximum absolute atomic E-state index is 11.8. The molecule has 1 N–H and O–H groups in total. The molecule has 1 amide bonds. The third-order valence-electron chi connectivity index (χ3n) is 4.06. The lowest BCUT2D eigenvalue weighted by Crippen LogP contribution is -2.13. The molecular weight excluding hydrogens is 294 g/mol. The molecule has 0 spiro atoms. The Kier molecular flexibility index (Phi) is 3.07. The van der Waals surface area contributed by atoms with Gasteiger partial charge >= 0.3 is 0 Å². The summed E-state index contributed by atoms with van der Waals surface area (Å²) in [6.45, 7) is 0. The SMILES string of the molecule is COc1cnn(C)c1-c1ccn2nc(NC(=O)C3CC3)cc2c1.